The van der Waals surface area contributed by atoms with Gasteiger partial charge in [-0.15, -0.1) is 11.8 Å². The molecule has 2 aliphatic carbocycles. The highest BCUT2D eigenvalue weighted by Crippen LogP contribution is 2.48. The average molecular weight is 346 g/mol. The molecule has 1 saturated carbocycles. The second kappa shape index (κ2) is 7.58. The van der Waals surface area contributed by atoms with Gasteiger partial charge in [0.25, 0.3) is 0 Å². The summed E-state index contributed by atoms with van der Waals surface area (Å²) in [6, 6.07) is 0.730. The fourth-order valence-electron chi connectivity index (χ4n) is 5.73. The van der Waals surface area contributed by atoms with Crippen molar-refractivity contribution in [2.24, 2.45) is 23.7 Å². The van der Waals surface area contributed by atoms with Crippen molar-refractivity contribution in [2.45, 2.75) is 82.9 Å². The van der Waals surface area contributed by atoms with Gasteiger partial charge in [-0.1, -0.05) is 58.1 Å². The normalized spacial score (nSPS) is 38.0. The van der Waals surface area contributed by atoms with Gasteiger partial charge in [0.15, 0.2) is 0 Å². The Bertz CT molecular complexity index is 500. The number of hydrogen-bond acceptors (Lipinski definition) is 2. The molecule has 4 rings (SSSR count). The number of thioether (sulfide) groups is 1. The lowest BCUT2D eigenvalue weighted by molar-refractivity contribution is 0.113. The Hall–Kier alpha value is -0.210. The topological polar surface area (TPSA) is 12.0 Å². The van der Waals surface area contributed by atoms with E-state index in [0.717, 1.165) is 35.0 Å². The Labute approximate surface area is 153 Å². The Kier molecular flexibility index (Phi) is 5.44. The molecule has 2 fully saturated rings. The van der Waals surface area contributed by atoms with Crippen molar-refractivity contribution in [1.82, 2.24) is 5.32 Å². The van der Waals surface area contributed by atoms with Crippen LogP contribution < -0.4 is 5.32 Å². The van der Waals surface area contributed by atoms with Gasteiger partial charge >= 0.3 is 0 Å². The van der Waals surface area contributed by atoms with Crippen LogP contribution in [0.25, 0.3) is 0 Å². The largest absolute Gasteiger partial charge is 0.312 e. The van der Waals surface area contributed by atoms with E-state index in [2.05, 4.69) is 43.1 Å². The molecule has 4 atom stereocenters. The maximum absolute atomic E-state index is 4.08. The zero-order valence-electron chi connectivity index (χ0n) is 15.6. The van der Waals surface area contributed by atoms with Crippen molar-refractivity contribution in [3.05, 3.63) is 22.6 Å². The molecule has 134 valence electrons. The van der Waals surface area contributed by atoms with E-state index < -0.39 is 0 Å². The molecule has 0 aromatic heterocycles. The van der Waals surface area contributed by atoms with Crippen molar-refractivity contribution >= 4 is 11.8 Å². The van der Waals surface area contributed by atoms with Gasteiger partial charge < -0.3 is 5.32 Å². The number of allylic oxidation sites excluding steroid dienone is 4. The molecule has 0 amide bonds. The summed E-state index contributed by atoms with van der Waals surface area (Å²) in [6.07, 6.45) is 17.6. The molecule has 0 bridgehead atoms. The van der Waals surface area contributed by atoms with E-state index in [4.69, 9.17) is 0 Å². The Morgan fingerprint density at radius 2 is 1.96 bits per heavy atom. The van der Waals surface area contributed by atoms with Gasteiger partial charge in [-0.3, -0.25) is 0 Å². The van der Waals surface area contributed by atoms with Crippen molar-refractivity contribution in [2.75, 3.05) is 6.54 Å². The molecule has 0 spiro atoms. The lowest BCUT2D eigenvalue weighted by Crippen LogP contribution is -2.53. The first-order valence-corrected chi connectivity index (χ1v) is 11.4. The maximum Gasteiger partial charge on any atom is 0.0288 e. The molecule has 0 radical (unpaired) electrons. The molecular weight excluding hydrogens is 310 g/mol. The van der Waals surface area contributed by atoms with Gasteiger partial charge in [-0.05, 0) is 66.4 Å². The summed E-state index contributed by atoms with van der Waals surface area (Å²) < 4.78 is 0. The highest BCUT2D eigenvalue weighted by Gasteiger charge is 2.41. The molecule has 2 heteroatoms. The molecule has 1 saturated heterocycles. The van der Waals surface area contributed by atoms with E-state index >= 15 is 0 Å². The molecule has 4 aliphatic rings. The quantitative estimate of drug-likeness (QED) is 0.680. The van der Waals surface area contributed by atoms with Crippen molar-refractivity contribution < 1.29 is 0 Å². The molecule has 2 aliphatic heterocycles. The van der Waals surface area contributed by atoms with Crippen molar-refractivity contribution in [3.63, 3.8) is 0 Å². The Morgan fingerprint density at radius 3 is 2.71 bits per heavy atom. The monoisotopic (exact) mass is 345 g/mol. The van der Waals surface area contributed by atoms with Crippen LogP contribution in [0.5, 0.6) is 0 Å². The van der Waals surface area contributed by atoms with Gasteiger partial charge in [-0.25, -0.2) is 0 Å². The lowest BCUT2D eigenvalue weighted by atomic mass is 9.69. The van der Waals surface area contributed by atoms with E-state index in [1.54, 1.807) is 10.5 Å². The number of rotatable bonds is 3. The first-order chi connectivity index (χ1) is 11.7. The highest BCUT2D eigenvalue weighted by atomic mass is 32.2. The first-order valence-electron chi connectivity index (χ1n) is 10.5. The first kappa shape index (κ1) is 17.2. The molecule has 4 unspecified atom stereocenters. The predicted molar refractivity (Wildman–Crippen MR) is 106 cm³/mol. The van der Waals surface area contributed by atoms with Crippen LogP contribution in [0.1, 0.15) is 71.6 Å². The highest BCUT2D eigenvalue weighted by molar-refractivity contribution is 8.04. The van der Waals surface area contributed by atoms with Crippen LogP contribution in [-0.4, -0.2) is 17.8 Å². The lowest BCUT2D eigenvalue weighted by Gasteiger charge is -2.45. The molecule has 0 aromatic rings. The van der Waals surface area contributed by atoms with Crippen molar-refractivity contribution in [1.29, 1.82) is 0 Å². The average Bonchev–Trinajstić information content (AvgIpc) is 3.06. The van der Waals surface area contributed by atoms with Gasteiger partial charge in [0.1, 0.15) is 0 Å². The zero-order chi connectivity index (χ0) is 16.5. The van der Waals surface area contributed by atoms with E-state index in [1.807, 2.05) is 0 Å². The molecule has 1 nitrogen and oxygen atoms in total. The predicted octanol–water partition coefficient (Wildman–Crippen LogP) is 5.93. The van der Waals surface area contributed by atoms with Crippen LogP contribution >= 0.6 is 11.8 Å². The molecule has 2 heterocycles. The third-order valence-corrected chi connectivity index (χ3v) is 8.67. The second-order valence-electron chi connectivity index (χ2n) is 8.99. The summed E-state index contributed by atoms with van der Waals surface area (Å²) in [7, 11) is 0. The summed E-state index contributed by atoms with van der Waals surface area (Å²) in [5, 5.41) is 4.87. The SMILES string of the molecule is CC(C)C1CC(C2CCCCC2)CNC1C1CC2=C(CCC=C2)S1. The summed E-state index contributed by atoms with van der Waals surface area (Å²) in [5.74, 6) is 3.64. The van der Waals surface area contributed by atoms with Crippen LogP contribution in [0.15, 0.2) is 22.6 Å². The molecule has 1 N–H and O–H groups in total. The Morgan fingerprint density at radius 1 is 1.12 bits per heavy atom. The van der Waals surface area contributed by atoms with E-state index in [0.29, 0.717) is 0 Å². The fourth-order valence-corrected chi connectivity index (χ4v) is 7.34. The number of nitrogens with one attached hydrogen (secondary N) is 1. The van der Waals surface area contributed by atoms with E-state index in [1.165, 1.54) is 64.3 Å². The minimum absolute atomic E-state index is 0.730. The van der Waals surface area contributed by atoms with Gasteiger partial charge in [-0.2, -0.15) is 0 Å². The minimum Gasteiger partial charge on any atom is -0.312 e. The van der Waals surface area contributed by atoms with Crippen LogP contribution in [0.3, 0.4) is 0 Å². The summed E-state index contributed by atoms with van der Waals surface area (Å²) in [4.78, 5) is 1.71. The standard InChI is InChI=1S/C22H35NS/c1-15(2)19-12-18(16-8-4-3-5-9-16)14-23-22(19)21-13-17-10-6-7-11-20(17)24-21/h6,10,15-16,18-19,21-23H,3-5,7-9,11-14H2,1-2H3. The number of piperidine rings is 1. The molecule has 24 heavy (non-hydrogen) atoms. The summed E-state index contributed by atoms with van der Waals surface area (Å²) in [6.45, 7) is 6.22. The molecular formula is C22H35NS. The van der Waals surface area contributed by atoms with Gasteiger partial charge in [0.05, 0.1) is 0 Å². The third kappa shape index (κ3) is 3.51. The maximum atomic E-state index is 4.08. The zero-order valence-corrected chi connectivity index (χ0v) is 16.4. The smallest absolute Gasteiger partial charge is 0.0288 e. The van der Waals surface area contributed by atoms with E-state index in [9.17, 15) is 0 Å². The van der Waals surface area contributed by atoms with Crippen molar-refractivity contribution in [3.8, 4) is 0 Å². The summed E-state index contributed by atoms with van der Waals surface area (Å²) >= 11 is 2.22. The van der Waals surface area contributed by atoms with Gasteiger partial charge in [0.2, 0.25) is 0 Å². The number of hydrogen-bond donors (Lipinski definition) is 1. The molecule has 0 aromatic carbocycles. The van der Waals surface area contributed by atoms with E-state index in [-0.39, 0.29) is 0 Å². The van der Waals surface area contributed by atoms with Crippen LogP contribution in [0, 0.1) is 23.7 Å². The van der Waals surface area contributed by atoms with Gasteiger partial charge in [0, 0.05) is 11.3 Å². The Balaban J connectivity index is 1.42. The third-order valence-electron chi connectivity index (χ3n) is 7.16. The van der Waals surface area contributed by atoms with Crippen LogP contribution in [0.2, 0.25) is 0 Å². The van der Waals surface area contributed by atoms with Crippen LogP contribution in [0.4, 0.5) is 0 Å². The van der Waals surface area contributed by atoms with Crippen LogP contribution in [-0.2, 0) is 0 Å². The second-order valence-corrected chi connectivity index (χ2v) is 10.3. The minimum atomic E-state index is 0.730. The fraction of sp³-hybridized carbons (Fsp3) is 0.818. The summed E-state index contributed by atoms with van der Waals surface area (Å²) in [5.41, 5.74) is 1.66.